The fourth-order valence-electron chi connectivity index (χ4n) is 3.32. The van der Waals surface area contributed by atoms with Crippen LogP contribution in [0, 0.1) is 18.7 Å². The first-order chi connectivity index (χ1) is 13.0. The van der Waals surface area contributed by atoms with Gasteiger partial charge in [0.25, 0.3) is 5.91 Å². The number of benzene rings is 1. The predicted octanol–water partition coefficient (Wildman–Crippen LogP) is 2.47. The van der Waals surface area contributed by atoms with E-state index in [-0.39, 0.29) is 35.8 Å². The predicted molar refractivity (Wildman–Crippen MR) is 95.1 cm³/mol. The molecule has 1 aliphatic rings. The summed E-state index contributed by atoms with van der Waals surface area (Å²) in [5, 5.41) is 10.1. The molecule has 0 radical (unpaired) electrons. The quantitative estimate of drug-likeness (QED) is 0.839. The molecule has 0 aliphatic carbocycles. The van der Waals surface area contributed by atoms with Crippen LogP contribution in [0.3, 0.4) is 0 Å². The lowest BCUT2D eigenvalue weighted by Gasteiger charge is -2.32. The van der Waals surface area contributed by atoms with Crippen molar-refractivity contribution in [3.05, 3.63) is 47.0 Å². The molecule has 0 saturated carbocycles. The zero-order valence-electron chi connectivity index (χ0n) is 15.3. The van der Waals surface area contributed by atoms with E-state index in [1.165, 1.54) is 6.07 Å². The van der Waals surface area contributed by atoms with Gasteiger partial charge in [-0.2, -0.15) is 0 Å². The number of nitrogens with one attached hydrogen (secondary N) is 1. The van der Waals surface area contributed by atoms with Crippen molar-refractivity contribution in [2.24, 2.45) is 5.92 Å². The molecule has 1 aromatic heterocycles. The lowest BCUT2D eigenvalue weighted by Crippen LogP contribution is -2.40. The summed E-state index contributed by atoms with van der Waals surface area (Å²) in [5.74, 6) is -0.361. The van der Waals surface area contributed by atoms with E-state index in [0.29, 0.717) is 37.2 Å². The molecular weight excluding hydrogens is 351 g/mol. The van der Waals surface area contributed by atoms with Crippen LogP contribution >= 0.6 is 0 Å². The van der Waals surface area contributed by atoms with Gasteiger partial charge in [0.15, 0.2) is 5.69 Å². The molecule has 1 atom stereocenters. The molecule has 2 aromatic rings. The van der Waals surface area contributed by atoms with Crippen LogP contribution in [-0.4, -0.2) is 40.1 Å². The maximum atomic E-state index is 13.6. The van der Waals surface area contributed by atoms with Gasteiger partial charge in [-0.25, -0.2) is 9.02 Å². The van der Waals surface area contributed by atoms with E-state index in [9.17, 15) is 14.0 Å². The van der Waals surface area contributed by atoms with Crippen LogP contribution in [0.25, 0.3) is 0 Å². The number of rotatable bonds is 6. The Morgan fingerprint density at radius 2 is 2.15 bits per heavy atom. The second-order valence-electron chi connectivity index (χ2n) is 6.86. The number of halogens is 1. The maximum absolute atomic E-state index is 13.6. The summed E-state index contributed by atoms with van der Waals surface area (Å²) in [7, 11) is 0. The Bertz CT molecular complexity index is 808. The molecule has 1 fully saturated rings. The second kappa shape index (κ2) is 8.75. The van der Waals surface area contributed by atoms with Crippen LogP contribution in [0.2, 0.25) is 0 Å². The lowest BCUT2D eigenvalue weighted by atomic mass is 9.93. The monoisotopic (exact) mass is 374 g/mol. The van der Waals surface area contributed by atoms with Gasteiger partial charge in [0.05, 0.1) is 0 Å². The molecule has 0 bridgehead atoms. The number of likely N-dealkylation sites (tertiary alicyclic amines) is 1. The molecule has 1 aromatic carbocycles. The molecule has 8 heteroatoms. The SMILES string of the molecule is Cc1nonc1C(=O)N1CCCC(CCC(=O)NCc2ccccc2F)C1. The number of carbonyl (C=O) groups excluding carboxylic acids is 2. The Kier molecular flexibility index (Phi) is 6.16. The number of amides is 2. The number of carbonyl (C=O) groups is 2. The van der Waals surface area contributed by atoms with Gasteiger partial charge in [-0.05, 0) is 43.3 Å². The highest BCUT2D eigenvalue weighted by atomic mass is 19.1. The first kappa shape index (κ1) is 19.0. The van der Waals surface area contributed by atoms with Crippen molar-refractivity contribution >= 4 is 11.8 Å². The fraction of sp³-hybridized carbons (Fsp3) is 0.474. The number of piperidine rings is 1. The summed E-state index contributed by atoms with van der Waals surface area (Å²) in [6.45, 7) is 3.12. The molecule has 0 spiro atoms. The van der Waals surface area contributed by atoms with E-state index in [2.05, 4.69) is 20.3 Å². The van der Waals surface area contributed by atoms with E-state index in [1.54, 1.807) is 30.0 Å². The Labute approximate surface area is 156 Å². The van der Waals surface area contributed by atoms with Crippen molar-refractivity contribution in [1.29, 1.82) is 0 Å². The molecule has 1 N–H and O–H groups in total. The average Bonchev–Trinajstić information content (AvgIpc) is 3.11. The molecule has 2 amide bonds. The summed E-state index contributed by atoms with van der Waals surface area (Å²) < 4.78 is 18.2. The number of hydrogen-bond acceptors (Lipinski definition) is 5. The third-order valence-corrected chi connectivity index (χ3v) is 4.87. The van der Waals surface area contributed by atoms with E-state index >= 15 is 0 Å². The molecule has 7 nitrogen and oxygen atoms in total. The van der Waals surface area contributed by atoms with E-state index in [1.807, 2.05) is 0 Å². The van der Waals surface area contributed by atoms with Gasteiger partial charge in [-0.3, -0.25) is 9.59 Å². The van der Waals surface area contributed by atoms with Crippen LogP contribution in [0.4, 0.5) is 4.39 Å². The molecule has 144 valence electrons. The van der Waals surface area contributed by atoms with Crippen LogP contribution < -0.4 is 5.32 Å². The van der Waals surface area contributed by atoms with Crippen LogP contribution in [0.1, 0.15) is 47.4 Å². The Hall–Kier alpha value is -2.77. The summed E-state index contributed by atoms with van der Waals surface area (Å²) in [4.78, 5) is 26.3. The second-order valence-corrected chi connectivity index (χ2v) is 6.86. The van der Waals surface area contributed by atoms with Gasteiger partial charge in [0.2, 0.25) is 5.91 Å². The number of aryl methyl sites for hydroxylation is 1. The Balaban J connectivity index is 1.45. The summed E-state index contributed by atoms with van der Waals surface area (Å²) in [6, 6.07) is 6.39. The van der Waals surface area contributed by atoms with Crippen LogP contribution in [0.5, 0.6) is 0 Å². The zero-order chi connectivity index (χ0) is 19.2. The van der Waals surface area contributed by atoms with Crippen molar-refractivity contribution in [2.75, 3.05) is 13.1 Å². The lowest BCUT2D eigenvalue weighted by molar-refractivity contribution is -0.121. The van der Waals surface area contributed by atoms with Crippen molar-refractivity contribution in [1.82, 2.24) is 20.5 Å². The highest BCUT2D eigenvalue weighted by Crippen LogP contribution is 2.22. The van der Waals surface area contributed by atoms with E-state index in [4.69, 9.17) is 0 Å². The molecule has 1 saturated heterocycles. The van der Waals surface area contributed by atoms with Gasteiger partial charge in [0, 0.05) is 31.6 Å². The number of aromatic nitrogens is 2. The molecule has 1 aliphatic heterocycles. The van der Waals surface area contributed by atoms with E-state index < -0.39 is 0 Å². The number of hydrogen-bond donors (Lipinski definition) is 1. The Morgan fingerprint density at radius 1 is 1.33 bits per heavy atom. The topological polar surface area (TPSA) is 88.3 Å². The fourth-order valence-corrected chi connectivity index (χ4v) is 3.32. The molecule has 27 heavy (non-hydrogen) atoms. The molecule has 2 heterocycles. The van der Waals surface area contributed by atoms with Crippen molar-refractivity contribution < 1.29 is 18.6 Å². The molecule has 1 unspecified atom stereocenters. The van der Waals surface area contributed by atoms with Gasteiger partial charge in [-0.1, -0.05) is 23.4 Å². The molecular formula is C19H23FN4O3. The highest BCUT2D eigenvalue weighted by Gasteiger charge is 2.27. The van der Waals surface area contributed by atoms with Crippen molar-refractivity contribution in [3.63, 3.8) is 0 Å². The first-order valence-electron chi connectivity index (χ1n) is 9.13. The maximum Gasteiger partial charge on any atom is 0.278 e. The third-order valence-electron chi connectivity index (χ3n) is 4.87. The zero-order valence-corrected chi connectivity index (χ0v) is 15.3. The summed E-state index contributed by atoms with van der Waals surface area (Å²) in [6.07, 6.45) is 2.90. The summed E-state index contributed by atoms with van der Waals surface area (Å²) in [5.41, 5.74) is 1.20. The van der Waals surface area contributed by atoms with Gasteiger partial charge >= 0.3 is 0 Å². The minimum absolute atomic E-state index is 0.113. The minimum atomic E-state index is -0.322. The largest absolute Gasteiger partial charge is 0.352 e. The van der Waals surface area contributed by atoms with Gasteiger partial charge in [0.1, 0.15) is 11.5 Å². The van der Waals surface area contributed by atoms with Crippen molar-refractivity contribution in [3.8, 4) is 0 Å². The van der Waals surface area contributed by atoms with Crippen LogP contribution in [-0.2, 0) is 11.3 Å². The average molecular weight is 374 g/mol. The standard InChI is InChI=1S/C19H23FN4O3/c1-13-18(23-27-22-13)19(26)24-10-4-5-14(12-24)8-9-17(25)21-11-15-6-2-3-7-16(15)20/h2-3,6-7,14H,4-5,8-12H2,1H3,(H,21,25). The van der Waals surface area contributed by atoms with Crippen LogP contribution in [0.15, 0.2) is 28.9 Å². The van der Waals surface area contributed by atoms with Gasteiger partial charge in [-0.15, -0.1) is 0 Å². The van der Waals surface area contributed by atoms with E-state index in [0.717, 1.165) is 12.8 Å². The summed E-state index contributed by atoms with van der Waals surface area (Å²) >= 11 is 0. The normalized spacial score (nSPS) is 17.0. The highest BCUT2D eigenvalue weighted by molar-refractivity contribution is 5.93. The Morgan fingerprint density at radius 3 is 2.89 bits per heavy atom. The third kappa shape index (κ3) is 4.90. The van der Waals surface area contributed by atoms with Crippen molar-refractivity contribution in [2.45, 2.75) is 39.2 Å². The smallest absolute Gasteiger partial charge is 0.278 e. The first-order valence-corrected chi connectivity index (χ1v) is 9.13. The van der Waals surface area contributed by atoms with Gasteiger partial charge < -0.3 is 10.2 Å². The molecule has 3 rings (SSSR count). The number of nitrogens with zero attached hydrogens (tertiary/aromatic N) is 3. The minimum Gasteiger partial charge on any atom is -0.352 e.